The molecule has 222 valence electrons. The van der Waals surface area contributed by atoms with Crippen LogP contribution in [0.3, 0.4) is 0 Å². The van der Waals surface area contributed by atoms with Crippen molar-refractivity contribution < 1.29 is 29.0 Å². The van der Waals surface area contributed by atoms with Gasteiger partial charge in [-0.3, -0.25) is 14.4 Å². The van der Waals surface area contributed by atoms with Crippen LogP contribution in [-0.2, 0) is 32.0 Å². The number of carbonyl (C=O) groups is 4. The quantitative estimate of drug-likeness (QED) is 0.187. The molecule has 0 aliphatic heterocycles. The maximum absolute atomic E-state index is 13.9. The van der Waals surface area contributed by atoms with E-state index in [1.807, 2.05) is 72.8 Å². The van der Waals surface area contributed by atoms with E-state index in [2.05, 4.69) is 0 Å². The van der Waals surface area contributed by atoms with Gasteiger partial charge in [0.2, 0.25) is 5.91 Å². The fourth-order valence-corrected chi connectivity index (χ4v) is 5.14. The zero-order valence-corrected chi connectivity index (χ0v) is 23.9. The highest BCUT2D eigenvalue weighted by Crippen LogP contribution is 2.21. The SMILES string of the molecule is NC(=O)C[C@H](Cc1ccc2ccccc2c1)OC(=O)[C@H](CCCC(=O)O)N(CCc1ccccc1)C(=O)c1ccccc1. The summed E-state index contributed by atoms with van der Waals surface area (Å²) in [6.45, 7) is 0.204. The molecule has 0 heterocycles. The van der Waals surface area contributed by atoms with Crippen molar-refractivity contribution in [2.24, 2.45) is 5.73 Å². The van der Waals surface area contributed by atoms with E-state index in [1.165, 1.54) is 4.90 Å². The second kappa shape index (κ2) is 15.3. The van der Waals surface area contributed by atoms with Gasteiger partial charge in [-0.2, -0.15) is 0 Å². The third kappa shape index (κ3) is 9.26. The van der Waals surface area contributed by atoms with Crippen LogP contribution in [-0.4, -0.2) is 52.4 Å². The molecular weight excluding hydrogens is 544 g/mol. The maximum Gasteiger partial charge on any atom is 0.329 e. The van der Waals surface area contributed by atoms with Gasteiger partial charge < -0.3 is 20.5 Å². The monoisotopic (exact) mass is 580 g/mol. The van der Waals surface area contributed by atoms with Crippen LogP contribution in [0.1, 0.15) is 47.2 Å². The Balaban J connectivity index is 1.62. The molecule has 4 rings (SSSR count). The van der Waals surface area contributed by atoms with Crippen LogP contribution >= 0.6 is 0 Å². The number of carbonyl (C=O) groups excluding carboxylic acids is 3. The normalized spacial score (nSPS) is 12.3. The topological polar surface area (TPSA) is 127 Å². The number of fused-ring (bicyclic) bond motifs is 1. The number of aliphatic carboxylic acids is 1. The van der Waals surface area contributed by atoms with Crippen LogP contribution in [0.5, 0.6) is 0 Å². The van der Waals surface area contributed by atoms with E-state index >= 15 is 0 Å². The first-order valence-electron chi connectivity index (χ1n) is 14.4. The first kappa shape index (κ1) is 31.0. The van der Waals surface area contributed by atoms with Crippen molar-refractivity contribution in [3.8, 4) is 0 Å². The minimum absolute atomic E-state index is 0.0811. The Morgan fingerprint density at radius 3 is 2.12 bits per heavy atom. The average Bonchev–Trinajstić information content (AvgIpc) is 3.00. The molecule has 0 aliphatic carbocycles. The number of nitrogens with two attached hydrogens (primary N) is 1. The van der Waals surface area contributed by atoms with Crippen LogP contribution < -0.4 is 5.73 Å². The number of hydrogen-bond donors (Lipinski definition) is 2. The van der Waals surface area contributed by atoms with Crippen molar-refractivity contribution in [1.29, 1.82) is 0 Å². The number of hydrogen-bond acceptors (Lipinski definition) is 5. The number of esters is 1. The predicted octanol–water partition coefficient (Wildman–Crippen LogP) is 5.18. The maximum atomic E-state index is 13.9. The molecule has 0 radical (unpaired) electrons. The molecule has 4 aromatic rings. The van der Waals surface area contributed by atoms with Gasteiger partial charge in [0, 0.05) is 24.9 Å². The molecule has 0 fully saturated rings. The van der Waals surface area contributed by atoms with Gasteiger partial charge in [0.15, 0.2) is 0 Å². The van der Waals surface area contributed by atoms with Gasteiger partial charge in [0.1, 0.15) is 12.1 Å². The van der Waals surface area contributed by atoms with Gasteiger partial charge in [-0.15, -0.1) is 0 Å². The number of ether oxygens (including phenoxy) is 1. The minimum Gasteiger partial charge on any atom is -0.481 e. The summed E-state index contributed by atoms with van der Waals surface area (Å²) in [4.78, 5) is 52.5. The fraction of sp³-hybridized carbons (Fsp3) is 0.257. The van der Waals surface area contributed by atoms with E-state index in [4.69, 9.17) is 10.5 Å². The van der Waals surface area contributed by atoms with Gasteiger partial charge in [-0.05, 0) is 53.3 Å². The first-order chi connectivity index (χ1) is 20.8. The molecule has 0 saturated carbocycles. The molecule has 3 N–H and O–H groups in total. The largest absolute Gasteiger partial charge is 0.481 e. The third-order valence-electron chi connectivity index (χ3n) is 7.27. The van der Waals surface area contributed by atoms with Crippen molar-refractivity contribution in [3.63, 3.8) is 0 Å². The molecule has 0 aliphatic rings. The van der Waals surface area contributed by atoms with Crippen LogP contribution in [0.15, 0.2) is 103 Å². The van der Waals surface area contributed by atoms with Crippen LogP contribution in [0.2, 0.25) is 0 Å². The lowest BCUT2D eigenvalue weighted by Crippen LogP contribution is -2.48. The Morgan fingerprint density at radius 1 is 0.791 bits per heavy atom. The molecule has 2 amide bonds. The van der Waals surface area contributed by atoms with Gasteiger partial charge in [0.05, 0.1) is 6.42 Å². The van der Waals surface area contributed by atoms with Crippen molar-refractivity contribution >= 4 is 34.5 Å². The summed E-state index contributed by atoms with van der Waals surface area (Å²) in [5.74, 6) is -2.69. The molecular formula is C35H36N2O6. The predicted molar refractivity (Wildman–Crippen MR) is 164 cm³/mol. The van der Waals surface area contributed by atoms with Crippen molar-refractivity contribution in [2.75, 3.05) is 6.54 Å². The van der Waals surface area contributed by atoms with Gasteiger partial charge in [0.25, 0.3) is 5.91 Å². The molecule has 0 bridgehead atoms. The van der Waals surface area contributed by atoms with E-state index in [9.17, 15) is 24.3 Å². The number of nitrogens with zero attached hydrogens (tertiary/aromatic N) is 1. The Hall–Kier alpha value is -4.98. The van der Waals surface area contributed by atoms with E-state index < -0.39 is 30.0 Å². The van der Waals surface area contributed by atoms with E-state index in [0.717, 1.165) is 21.9 Å². The highest BCUT2D eigenvalue weighted by atomic mass is 16.5. The van der Waals surface area contributed by atoms with Gasteiger partial charge >= 0.3 is 11.9 Å². The molecule has 43 heavy (non-hydrogen) atoms. The Morgan fingerprint density at radius 2 is 1.44 bits per heavy atom. The van der Waals surface area contributed by atoms with Crippen LogP contribution in [0, 0.1) is 0 Å². The zero-order chi connectivity index (χ0) is 30.6. The van der Waals surface area contributed by atoms with Crippen LogP contribution in [0.4, 0.5) is 0 Å². The van der Waals surface area contributed by atoms with E-state index in [1.54, 1.807) is 30.3 Å². The molecule has 8 nitrogen and oxygen atoms in total. The summed E-state index contributed by atoms with van der Waals surface area (Å²) in [5, 5.41) is 11.3. The third-order valence-corrected chi connectivity index (χ3v) is 7.27. The van der Waals surface area contributed by atoms with Crippen molar-refractivity contribution in [2.45, 2.75) is 50.7 Å². The van der Waals surface area contributed by atoms with Gasteiger partial charge in [-0.25, -0.2) is 4.79 Å². The Kier molecular flexibility index (Phi) is 11.0. The molecule has 4 aromatic carbocycles. The number of carboxylic acid groups (broad SMARTS) is 1. The van der Waals surface area contributed by atoms with Crippen molar-refractivity contribution in [1.82, 2.24) is 4.90 Å². The summed E-state index contributed by atoms with van der Waals surface area (Å²) < 4.78 is 5.93. The highest BCUT2D eigenvalue weighted by Gasteiger charge is 2.33. The zero-order valence-electron chi connectivity index (χ0n) is 23.9. The van der Waals surface area contributed by atoms with Crippen molar-refractivity contribution in [3.05, 3.63) is 120 Å². The molecule has 0 saturated heterocycles. The second-order valence-corrected chi connectivity index (χ2v) is 10.5. The van der Waals surface area contributed by atoms with E-state index in [-0.39, 0.29) is 44.6 Å². The fourth-order valence-electron chi connectivity index (χ4n) is 5.14. The number of carboxylic acids is 1. The standard InChI is InChI=1S/C35H36N2O6/c36-32(38)24-30(23-26-18-19-27-12-7-8-15-29(27)22-26)43-35(42)31(16-9-17-33(39)40)37(21-20-25-10-3-1-4-11-25)34(41)28-13-5-2-6-14-28/h1-8,10-15,18-19,22,30-31H,9,16-17,20-21,23-24H2,(H2,36,38)(H,39,40)/t30-,31-/m0/s1. The summed E-state index contributed by atoms with van der Waals surface area (Å²) in [6.07, 6.45) is -0.269. The molecule has 0 spiro atoms. The lowest BCUT2D eigenvalue weighted by atomic mass is 10.0. The minimum atomic E-state index is -1.07. The summed E-state index contributed by atoms with van der Waals surface area (Å²) in [6, 6.07) is 30.9. The Bertz CT molecular complexity index is 1540. The lowest BCUT2D eigenvalue weighted by molar-refractivity contribution is -0.156. The summed E-state index contributed by atoms with van der Waals surface area (Å²) in [7, 11) is 0. The summed E-state index contributed by atoms with van der Waals surface area (Å²) >= 11 is 0. The Labute approximate surface area is 251 Å². The highest BCUT2D eigenvalue weighted by molar-refractivity contribution is 5.97. The number of benzene rings is 4. The lowest BCUT2D eigenvalue weighted by Gasteiger charge is -2.32. The molecule has 8 heteroatoms. The number of rotatable bonds is 15. The summed E-state index contributed by atoms with van der Waals surface area (Å²) in [5.41, 5.74) is 7.78. The molecule has 2 atom stereocenters. The average molecular weight is 581 g/mol. The molecule has 0 aromatic heterocycles. The smallest absolute Gasteiger partial charge is 0.329 e. The van der Waals surface area contributed by atoms with Crippen LogP contribution in [0.25, 0.3) is 10.8 Å². The first-order valence-corrected chi connectivity index (χ1v) is 14.4. The van der Waals surface area contributed by atoms with Gasteiger partial charge in [-0.1, -0.05) is 91.0 Å². The number of amides is 2. The van der Waals surface area contributed by atoms with E-state index in [0.29, 0.717) is 12.0 Å². The molecule has 0 unspecified atom stereocenters. The number of primary amides is 1. The second-order valence-electron chi connectivity index (χ2n) is 10.5.